The summed E-state index contributed by atoms with van der Waals surface area (Å²) in [6, 6.07) is 15.7. The maximum atomic E-state index is 8.87. The van der Waals surface area contributed by atoms with Crippen LogP contribution in [0.1, 0.15) is 11.4 Å². The van der Waals surface area contributed by atoms with Gasteiger partial charge in [-0.1, -0.05) is 12.1 Å². The van der Waals surface area contributed by atoms with Gasteiger partial charge in [0.2, 0.25) is 0 Å². The highest BCUT2D eigenvalue weighted by atomic mass is 79.9. The Morgan fingerprint density at radius 1 is 1.29 bits per heavy atom. The fraction of sp³-hybridized carbons (Fsp3) is 0.125. The number of aryl methyl sites for hydroxylation is 1. The third-order valence-electron chi connectivity index (χ3n) is 3.41. The van der Waals surface area contributed by atoms with Gasteiger partial charge in [0.25, 0.3) is 0 Å². The van der Waals surface area contributed by atoms with Crippen LogP contribution in [0.15, 0.2) is 46.9 Å². The Morgan fingerprint density at radius 3 is 2.81 bits per heavy atom. The van der Waals surface area contributed by atoms with Gasteiger partial charge in [-0.25, -0.2) is 4.98 Å². The van der Waals surface area contributed by atoms with Crippen molar-refractivity contribution in [2.24, 2.45) is 7.05 Å². The number of rotatable bonds is 3. The van der Waals surface area contributed by atoms with Crippen molar-refractivity contribution in [1.29, 1.82) is 5.26 Å². The molecule has 0 atom stereocenters. The van der Waals surface area contributed by atoms with Crippen LogP contribution in [0.3, 0.4) is 0 Å². The van der Waals surface area contributed by atoms with Gasteiger partial charge in [0.1, 0.15) is 5.82 Å². The molecule has 0 saturated heterocycles. The lowest BCUT2D eigenvalue weighted by Gasteiger charge is -2.08. The zero-order chi connectivity index (χ0) is 14.8. The van der Waals surface area contributed by atoms with Gasteiger partial charge in [0.15, 0.2) is 0 Å². The van der Waals surface area contributed by atoms with Gasteiger partial charge in [-0.15, -0.1) is 0 Å². The summed E-state index contributed by atoms with van der Waals surface area (Å²) in [7, 11) is 2.01. The Morgan fingerprint density at radius 2 is 2.10 bits per heavy atom. The van der Waals surface area contributed by atoms with Crippen LogP contribution in [0.2, 0.25) is 0 Å². The van der Waals surface area contributed by atoms with Crippen molar-refractivity contribution >= 4 is 32.7 Å². The number of imidazole rings is 1. The van der Waals surface area contributed by atoms with E-state index >= 15 is 0 Å². The first-order chi connectivity index (χ1) is 10.2. The van der Waals surface area contributed by atoms with Crippen molar-refractivity contribution in [3.05, 3.63) is 58.3 Å². The minimum absolute atomic E-state index is 0.621. The number of halogens is 1. The van der Waals surface area contributed by atoms with E-state index < -0.39 is 0 Å². The maximum Gasteiger partial charge on any atom is 0.128 e. The third kappa shape index (κ3) is 2.63. The number of nitriles is 1. The number of para-hydroxylation sites is 2. The summed E-state index contributed by atoms with van der Waals surface area (Å²) in [5, 5.41) is 12.2. The van der Waals surface area contributed by atoms with Crippen LogP contribution in [0, 0.1) is 11.3 Å². The SMILES string of the molecule is Cn1c(CNc2ccc(C#N)cc2Br)nc2ccccc21. The number of aromatic nitrogens is 2. The van der Waals surface area contributed by atoms with Gasteiger partial charge >= 0.3 is 0 Å². The van der Waals surface area contributed by atoms with Crippen molar-refractivity contribution in [3.8, 4) is 6.07 Å². The molecule has 21 heavy (non-hydrogen) atoms. The van der Waals surface area contributed by atoms with Gasteiger partial charge in [0, 0.05) is 17.2 Å². The van der Waals surface area contributed by atoms with E-state index in [1.807, 2.05) is 31.3 Å². The zero-order valence-corrected chi connectivity index (χ0v) is 13.1. The number of nitrogens with zero attached hydrogens (tertiary/aromatic N) is 3. The van der Waals surface area contributed by atoms with E-state index in [1.54, 1.807) is 12.1 Å². The highest BCUT2D eigenvalue weighted by Gasteiger charge is 2.07. The Balaban J connectivity index is 1.84. The van der Waals surface area contributed by atoms with E-state index in [-0.39, 0.29) is 0 Å². The van der Waals surface area contributed by atoms with Crippen molar-refractivity contribution in [2.75, 3.05) is 5.32 Å². The average molecular weight is 341 g/mol. The summed E-state index contributed by atoms with van der Waals surface area (Å²) >= 11 is 3.47. The lowest BCUT2D eigenvalue weighted by Crippen LogP contribution is -2.06. The molecule has 0 radical (unpaired) electrons. The first kappa shape index (κ1) is 13.7. The van der Waals surface area contributed by atoms with E-state index in [1.165, 1.54) is 0 Å². The fourth-order valence-corrected chi connectivity index (χ4v) is 2.77. The molecule has 0 unspecified atom stereocenters. The Kier molecular flexibility index (Phi) is 3.63. The van der Waals surface area contributed by atoms with Crippen molar-refractivity contribution in [2.45, 2.75) is 6.54 Å². The second-order valence-corrected chi connectivity index (χ2v) is 5.59. The molecular formula is C16H13BrN4. The molecule has 0 spiro atoms. The first-order valence-electron chi connectivity index (χ1n) is 6.53. The minimum atomic E-state index is 0.621. The summed E-state index contributed by atoms with van der Waals surface area (Å²) in [5.41, 5.74) is 3.69. The molecule has 0 amide bonds. The lowest BCUT2D eigenvalue weighted by atomic mass is 10.2. The molecule has 5 heteroatoms. The summed E-state index contributed by atoms with van der Waals surface area (Å²) in [6.45, 7) is 0.621. The van der Waals surface area contributed by atoms with Gasteiger partial charge < -0.3 is 9.88 Å². The molecule has 1 N–H and O–H groups in total. The summed E-state index contributed by atoms with van der Waals surface area (Å²) < 4.78 is 2.96. The quantitative estimate of drug-likeness (QED) is 0.788. The number of hydrogen-bond acceptors (Lipinski definition) is 3. The molecule has 1 heterocycles. The normalized spacial score (nSPS) is 10.5. The molecule has 0 aliphatic heterocycles. The van der Waals surface area contributed by atoms with Gasteiger partial charge in [-0.3, -0.25) is 0 Å². The van der Waals surface area contributed by atoms with E-state index in [0.29, 0.717) is 12.1 Å². The molecule has 0 fully saturated rings. The minimum Gasteiger partial charge on any atom is -0.377 e. The van der Waals surface area contributed by atoms with Crippen LogP contribution >= 0.6 is 15.9 Å². The topological polar surface area (TPSA) is 53.6 Å². The summed E-state index contributed by atoms with van der Waals surface area (Å²) in [4.78, 5) is 4.62. The Labute approximate surface area is 131 Å². The molecular weight excluding hydrogens is 328 g/mol. The van der Waals surface area contributed by atoms with Gasteiger partial charge in [-0.2, -0.15) is 5.26 Å². The van der Waals surface area contributed by atoms with E-state index in [9.17, 15) is 0 Å². The van der Waals surface area contributed by atoms with Crippen molar-refractivity contribution in [3.63, 3.8) is 0 Å². The maximum absolute atomic E-state index is 8.87. The average Bonchev–Trinajstić information content (AvgIpc) is 2.83. The second kappa shape index (κ2) is 5.58. The zero-order valence-electron chi connectivity index (χ0n) is 11.5. The molecule has 0 aliphatic carbocycles. The number of fused-ring (bicyclic) bond motifs is 1. The molecule has 2 aromatic carbocycles. The summed E-state index contributed by atoms with van der Waals surface area (Å²) in [6.07, 6.45) is 0. The fourth-order valence-electron chi connectivity index (χ4n) is 2.26. The third-order valence-corrected chi connectivity index (χ3v) is 4.07. The van der Waals surface area contributed by atoms with Gasteiger partial charge in [-0.05, 0) is 46.3 Å². The van der Waals surface area contributed by atoms with Crippen LogP contribution < -0.4 is 5.32 Å². The smallest absolute Gasteiger partial charge is 0.128 e. The lowest BCUT2D eigenvalue weighted by molar-refractivity contribution is 0.834. The standard InChI is InChI=1S/C16H13BrN4/c1-21-15-5-3-2-4-14(15)20-16(21)10-19-13-7-6-11(9-18)8-12(13)17/h2-8,19H,10H2,1H3. The van der Waals surface area contributed by atoms with E-state index in [0.717, 1.165) is 27.0 Å². The van der Waals surface area contributed by atoms with Gasteiger partial charge in [0.05, 0.1) is 29.2 Å². The molecule has 4 nitrogen and oxygen atoms in total. The van der Waals surface area contributed by atoms with Crippen molar-refractivity contribution in [1.82, 2.24) is 9.55 Å². The Hall–Kier alpha value is -2.32. The van der Waals surface area contributed by atoms with Crippen LogP contribution in [0.4, 0.5) is 5.69 Å². The summed E-state index contributed by atoms with van der Waals surface area (Å²) in [5.74, 6) is 0.965. The van der Waals surface area contributed by atoms with Crippen molar-refractivity contribution < 1.29 is 0 Å². The van der Waals surface area contributed by atoms with Crippen LogP contribution in [0.5, 0.6) is 0 Å². The number of benzene rings is 2. The number of anilines is 1. The largest absolute Gasteiger partial charge is 0.377 e. The highest BCUT2D eigenvalue weighted by Crippen LogP contribution is 2.24. The van der Waals surface area contributed by atoms with Crippen LogP contribution in [0.25, 0.3) is 11.0 Å². The predicted molar refractivity (Wildman–Crippen MR) is 86.9 cm³/mol. The van der Waals surface area contributed by atoms with E-state index in [2.05, 4.69) is 42.9 Å². The molecule has 0 bridgehead atoms. The number of nitrogens with one attached hydrogen (secondary N) is 1. The highest BCUT2D eigenvalue weighted by molar-refractivity contribution is 9.10. The molecule has 1 aromatic heterocycles. The van der Waals surface area contributed by atoms with Crippen LogP contribution in [-0.4, -0.2) is 9.55 Å². The molecule has 0 saturated carbocycles. The second-order valence-electron chi connectivity index (χ2n) is 4.74. The van der Waals surface area contributed by atoms with E-state index in [4.69, 9.17) is 5.26 Å². The Bertz CT molecular complexity index is 845. The van der Waals surface area contributed by atoms with Crippen LogP contribution in [-0.2, 0) is 13.6 Å². The number of hydrogen-bond donors (Lipinski definition) is 1. The monoisotopic (exact) mass is 340 g/mol. The predicted octanol–water partition coefficient (Wildman–Crippen LogP) is 3.82. The molecule has 104 valence electrons. The molecule has 0 aliphatic rings. The molecule has 3 aromatic rings. The molecule has 3 rings (SSSR count). The first-order valence-corrected chi connectivity index (χ1v) is 7.32.